The van der Waals surface area contributed by atoms with Crippen LogP contribution in [0, 0.1) is 0 Å². The van der Waals surface area contributed by atoms with Gasteiger partial charge in [0.25, 0.3) is 0 Å². The quantitative estimate of drug-likeness (QED) is 0.829. The van der Waals surface area contributed by atoms with Gasteiger partial charge in [0.05, 0.1) is 16.3 Å². The minimum Gasteiger partial charge on any atom is -0.329 e. The van der Waals surface area contributed by atoms with Gasteiger partial charge < -0.3 is 11.1 Å². The SMILES string of the molecule is CC(NCCN)c1nc2ccccc2s1. The van der Waals surface area contributed by atoms with Gasteiger partial charge in [0, 0.05) is 13.1 Å². The summed E-state index contributed by atoms with van der Waals surface area (Å²) in [5.41, 5.74) is 6.53. The van der Waals surface area contributed by atoms with Crippen LogP contribution < -0.4 is 11.1 Å². The molecule has 0 radical (unpaired) electrons. The van der Waals surface area contributed by atoms with Crippen molar-refractivity contribution in [2.75, 3.05) is 13.1 Å². The Bertz CT molecular complexity index is 405. The third-order valence-electron chi connectivity index (χ3n) is 2.28. The van der Waals surface area contributed by atoms with Crippen LogP contribution in [-0.2, 0) is 0 Å². The first kappa shape index (κ1) is 10.5. The number of benzene rings is 1. The van der Waals surface area contributed by atoms with Crippen molar-refractivity contribution in [3.05, 3.63) is 29.3 Å². The molecule has 0 amide bonds. The van der Waals surface area contributed by atoms with E-state index in [0.717, 1.165) is 17.1 Å². The van der Waals surface area contributed by atoms with Crippen LogP contribution >= 0.6 is 11.3 Å². The molecule has 2 aromatic rings. The maximum Gasteiger partial charge on any atom is 0.111 e. The lowest BCUT2D eigenvalue weighted by molar-refractivity contribution is 0.580. The van der Waals surface area contributed by atoms with E-state index in [1.165, 1.54) is 4.70 Å². The maximum absolute atomic E-state index is 5.45. The van der Waals surface area contributed by atoms with Crippen molar-refractivity contribution >= 4 is 21.6 Å². The highest BCUT2D eigenvalue weighted by Gasteiger charge is 2.09. The minimum absolute atomic E-state index is 0.283. The molecule has 0 bridgehead atoms. The predicted octanol–water partition coefficient (Wildman–Crippen LogP) is 1.91. The minimum atomic E-state index is 0.283. The lowest BCUT2D eigenvalue weighted by Crippen LogP contribution is -2.25. The molecule has 1 atom stereocenters. The summed E-state index contributed by atoms with van der Waals surface area (Å²) >= 11 is 1.74. The average molecular weight is 221 g/mol. The molecule has 2 rings (SSSR count). The molecule has 0 spiro atoms. The Morgan fingerprint density at radius 2 is 2.27 bits per heavy atom. The Kier molecular flexibility index (Phi) is 3.30. The maximum atomic E-state index is 5.45. The molecule has 3 nitrogen and oxygen atoms in total. The van der Waals surface area contributed by atoms with E-state index in [2.05, 4.69) is 23.3 Å². The van der Waals surface area contributed by atoms with Gasteiger partial charge in [-0.2, -0.15) is 0 Å². The second-order valence-corrected chi connectivity index (χ2v) is 4.55. The molecule has 0 aliphatic rings. The number of nitrogens with one attached hydrogen (secondary N) is 1. The van der Waals surface area contributed by atoms with Crippen molar-refractivity contribution in [2.24, 2.45) is 5.73 Å². The van der Waals surface area contributed by atoms with E-state index in [1.54, 1.807) is 11.3 Å². The van der Waals surface area contributed by atoms with Crippen LogP contribution in [0.1, 0.15) is 18.0 Å². The molecule has 80 valence electrons. The van der Waals surface area contributed by atoms with Gasteiger partial charge in [-0.25, -0.2) is 4.98 Å². The van der Waals surface area contributed by atoms with Crippen LogP contribution in [-0.4, -0.2) is 18.1 Å². The van der Waals surface area contributed by atoms with Crippen molar-refractivity contribution in [3.63, 3.8) is 0 Å². The summed E-state index contributed by atoms with van der Waals surface area (Å²) in [5.74, 6) is 0. The van der Waals surface area contributed by atoms with Crippen molar-refractivity contribution in [3.8, 4) is 0 Å². The molecular formula is C11H15N3S. The Labute approximate surface area is 93.3 Å². The van der Waals surface area contributed by atoms with E-state index < -0.39 is 0 Å². The number of rotatable bonds is 4. The van der Waals surface area contributed by atoms with Gasteiger partial charge in [-0.15, -0.1) is 11.3 Å². The first-order valence-electron chi connectivity index (χ1n) is 5.10. The summed E-state index contributed by atoms with van der Waals surface area (Å²) in [6, 6.07) is 8.49. The molecule has 0 aliphatic heterocycles. The fraction of sp³-hybridized carbons (Fsp3) is 0.364. The van der Waals surface area contributed by atoms with E-state index in [9.17, 15) is 0 Å². The first-order valence-corrected chi connectivity index (χ1v) is 5.92. The molecule has 1 aromatic heterocycles. The summed E-state index contributed by atoms with van der Waals surface area (Å²) in [4.78, 5) is 4.58. The van der Waals surface area contributed by atoms with Gasteiger partial charge >= 0.3 is 0 Å². The third kappa shape index (κ3) is 2.34. The molecule has 4 heteroatoms. The zero-order valence-corrected chi connectivity index (χ0v) is 9.55. The second kappa shape index (κ2) is 4.70. The summed E-state index contributed by atoms with van der Waals surface area (Å²) < 4.78 is 1.24. The van der Waals surface area contributed by atoms with Gasteiger partial charge in [-0.1, -0.05) is 12.1 Å². The fourth-order valence-corrected chi connectivity index (χ4v) is 2.46. The van der Waals surface area contributed by atoms with E-state index in [4.69, 9.17) is 5.73 Å². The normalized spacial score (nSPS) is 13.2. The highest BCUT2D eigenvalue weighted by Crippen LogP contribution is 2.25. The smallest absolute Gasteiger partial charge is 0.111 e. The zero-order chi connectivity index (χ0) is 10.7. The number of hydrogen-bond donors (Lipinski definition) is 2. The summed E-state index contributed by atoms with van der Waals surface area (Å²) in [6.45, 7) is 3.61. The van der Waals surface area contributed by atoms with E-state index in [-0.39, 0.29) is 6.04 Å². The van der Waals surface area contributed by atoms with Gasteiger partial charge in [0.15, 0.2) is 0 Å². The third-order valence-corrected chi connectivity index (χ3v) is 3.49. The van der Waals surface area contributed by atoms with E-state index >= 15 is 0 Å². The molecule has 3 N–H and O–H groups in total. The monoisotopic (exact) mass is 221 g/mol. The van der Waals surface area contributed by atoms with Gasteiger partial charge in [0.2, 0.25) is 0 Å². The van der Waals surface area contributed by atoms with Gasteiger partial charge in [-0.05, 0) is 19.1 Å². The zero-order valence-electron chi connectivity index (χ0n) is 8.73. The highest BCUT2D eigenvalue weighted by atomic mass is 32.1. The summed E-state index contributed by atoms with van der Waals surface area (Å²) in [7, 11) is 0. The molecule has 15 heavy (non-hydrogen) atoms. The highest BCUT2D eigenvalue weighted by molar-refractivity contribution is 7.18. The van der Waals surface area contributed by atoms with Crippen molar-refractivity contribution < 1.29 is 0 Å². The number of hydrogen-bond acceptors (Lipinski definition) is 4. The predicted molar refractivity (Wildman–Crippen MR) is 65.1 cm³/mol. The number of aromatic nitrogens is 1. The van der Waals surface area contributed by atoms with Crippen LogP contribution in [0.5, 0.6) is 0 Å². The second-order valence-electron chi connectivity index (χ2n) is 3.48. The van der Waals surface area contributed by atoms with Gasteiger partial charge in [0.1, 0.15) is 5.01 Å². The standard InChI is InChI=1S/C11H15N3S/c1-8(13-7-6-12)11-14-9-4-2-3-5-10(9)15-11/h2-5,8,13H,6-7,12H2,1H3. The van der Waals surface area contributed by atoms with Crippen molar-refractivity contribution in [2.45, 2.75) is 13.0 Å². The van der Waals surface area contributed by atoms with Gasteiger partial charge in [-0.3, -0.25) is 0 Å². The number of thiazole rings is 1. The van der Waals surface area contributed by atoms with Crippen LogP contribution in [0.4, 0.5) is 0 Å². The van der Waals surface area contributed by atoms with Crippen molar-refractivity contribution in [1.29, 1.82) is 0 Å². The molecule has 0 aliphatic carbocycles. The number of fused-ring (bicyclic) bond motifs is 1. The molecule has 1 unspecified atom stereocenters. The number of para-hydroxylation sites is 1. The topological polar surface area (TPSA) is 50.9 Å². The van der Waals surface area contributed by atoms with E-state index in [0.29, 0.717) is 6.54 Å². The molecule has 0 saturated heterocycles. The van der Waals surface area contributed by atoms with Crippen molar-refractivity contribution in [1.82, 2.24) is 10.3 Å². The van der Waals surface area contributed by atoms with Crippen LogP contribution in [0.25, 0.3) is 10.2 Å². The first-order chi connectivity index (χ1) is 7.31. The summed E-state index contributed by atoms with van der Waals surface area (Å²) in [5, 5.41) is 4.46. The molecule has 1 heterocycles. The molecular weight excluding hydrogens is 206 g/mol. The number of nitrogens with zero attached hydrogens (tertiary/aromatic N) is 1. The Morgan fingerprint density at radius 3 is 3.00 bits per heavy atom. The molecule has 0 fully saturated rings. The van der Waals surface area contributed by atoms with E-state index in [1.807, 2.05) is 18.2 Å². The van der Waals surface area contributed by atoms with Crippen LogP contribution in [0.3, 0.4) is 0 Å². The van der Waals surface area contributed by atoms with Crippen LogP contribution in [0.2, 0.25) is 0 Å². The van der Waals surface area contributed by atoms with Crippen LogP contribution in [0.15, 0.2) is 24.3 Å². The largest absolute Gasteiger partial charge is 0.329 e. The summed E-state index contributed by atoms with van der Waals surface area (Å²) in [6.07, 6.45) is 0. The lowest BCUT2D eigenvalue weighted by Gasteiger charge is -2.08. The lowest BCUT2D eigenvalue weighted by atomic mass is 10.3. The molecule has 0 saturated carbocycles. The fourth-order valence-electron chi connectivity index (χ4n) is 1.46. The Balaban J connectivity index is 2.20. The molecule has 1 aromatic carbocycles. The average Bonchev–Trinajstić information content (AvgIpc) is 2.69. The number of nitrogens with two attached hydrogens (primary N) is 1. The Morgan fingerprint density at radius 1 is 1.47 bits per heavy atom. The Hall–Kier alpha value is -0.970.